The van der Waals surface area contributed by atoms with Crippen LogP contribution in [0.5, 0.6) is 0 Å². The first kappa shape index (κ1) is 10.4. The van der Waals surface area contributed by atoms with Crippen molar-refractivity contribution in [3.63, 3.8) is 0 Å². The Labute approximate surface area is 103 Å². The quantitative estimate of drug-likeness (QED) is 0.776. The molecule has 4 aliphatic rings. The van der Waals surface area contributed by atoms with Crippen LogP contribution < -0.4 is 5.32 Å². The van der Waals surface area contributed by atoms with E-state index in [1.807, 2.05) is 7.05 Å². The third-order valence-corrected chi connectivity index (χ3v) is 5.93. The Morgan fingerprint density at radius 2 is 1.88 bits per heavy atom. The molecule has 3 saturated carbocycles. The predicted molar refractivity (Wildman–Crippen MR) is 65.3 cm³/mol. The van der Waals surface area contributed by atoms with E-state index in [-0.39, 0.29) is 0 Å². The highest BCUT2D eigenvalue weighted by Crippen LogP contribution is 2.69. The molecule has 1 N–H and O–H groups in total. The first-order valence-corrected chi connectivity index (χ1v) is 7.25. The van der Waals surface area contributed by atoms with Crippen molar-refractivity contribution in [1.82, 2.24) is 10.2 Å². The van der Waals surface area contributed by atoms with Gasteiger partial charge in [0.2, 0.25) is 5.91 Å². The second-order valence-corrected chi connectivity index (χ2v) is 6.57. The average Bonchev–Trinajstić information content (AvgIpc) is 2.79. The zero-order valence-electron chi connectivity index (χ0n) is 10.6. The number of carbonyl (C=O) groups excluding carboxylic acids is 1. The Kier molecular flexibility index (Phi) is 2.11. The molecule has 1 aliphatic heterocycles. The van der Waals surface area contributed by atoms with Crippen LogP contribution in [0.3, 0.4) is 0 Å². The van der Waals surface area contributed by atoms with Crippen molar-refractivity contribution in [2.24, 2.45) is 29.6 Å². The number of nitrogens with zero attached hydrogens (tertiary/aromatic N) is 1. The zero-order valence-corrected chi connectivity index (χ0v) is 10.6. The summed E-state index contributed by atoms with van der Waals surface area (Å²) in [4.78, 5) is 14.6. The third kappa shape index (κ3) is 1.35. The van der Waals surface area contributed by atoms with Gasteiger partial charge in [-0.25, -0.2) is 0 Å². The number of nitrogens with one attached hydrogen (secondary N) is 1. The maximum Gasteiger partial charge on any atom is 0.226 e. The van der Waals surface area contributed by atoms with Crippen molar-refractivity contribution in [1.29, 1.82) is 0 Å². The molecule has 17 heavy (non-hydrogen) atoms. The molecule has 1 saturated heterocycles. The summed E-state index contributed by atoms with van der Waals surface area (Å²) in [7, 11) is 2.00. The lowest BCUT2D eigenvalue weighted by Gasteiger charge is -2.18. The smallest absolute Gasteiger partial charge is 0.226 e. The van der Waals surface area contributed by atoms with E-state index in [1.54, 1.807) is 0 Å². The van der Waals surface area contributed by atoms with E-state index in [4.69, 9.17) is 0 Å². The summed E-state index contributed by atoms with van der Waals surface area (Å²) in [5, 5.41) is 3.29. The molecule has 4 rings (SSSR count). The van der Waals surface area contributed by atoms with Gasteiger partial charge in [-0.2, -0.15) is 0 Å². The summed E-state index contributed by atoms with van der Waals surface area (Å²) in [6.07, 6.45) is 5.40. The highest BCUT2D eigenvalue weighted by Gasteiger charge is 2.68. The van der Waals surface area contributed by atoms with Crippen LogP contribution in [0.15, 0.2) is 0 Å². The Morgan fingerprint density at radius 3 is 2.47 bits per heavy atom. The minimum Gasteiger partial charge on any atom is -0.341 e. The number of fused-ring (bicyclic) bond motifs is 5. The van der Waals surface area contributed by atoms with E-state index in [0.29, 0.717) is 17.9 Å². The van der Waals surface area contributed by atoms with Gasteiger partial charge in [-0.1, -0.05) is 0 Å². The number of likely N-dealkylation sites (tertiary alicyclic amines) is 1. The number of rotatable bonds is 2. The van der Waals surface area contributed by atoms with Crippen LogP contribution >= 0.6 is 0 Å². The van der Waals surface area contributed by atoms with Crippen molar-refractivity contribution < 1.29 is 4.79 Å². The van der Waals surface area contributed by atoms with E-state index in [0.717, 1.165) is 43.2 Å². The second-order valence-electron chi connectivity index (χ2n) is 6.57. The maximum atomic E-state index is 12.5. The van der Waals surface area contributed by atoms with Crippen LogP contribution in [0.1, 0.15) is 25.7 Å². The normalized spacial score (nSPS) is 50.8. The number of amides is 1. The third-order valence-electron chi connectivity index (χ3n) is 5.93. The van der Waals surface area contributed by atoms with Gasteiger partial charge in [0.05, 0.1) is 0 Å². The van der Waals surface area contributed by atoms with Gasteiger partial charge in [0.1, 0.15) is 0 Å². The minimum absolute atomic E-state index is 0.442. The predicted octanol–water partition coefficient (Wildman–Crippen LogP) is 1.10. The summed E-state index contributed by atoms with van der Waals surface area (Å²) in [5.41, 5.74) is 0. The standard InChI is InChI=1S/C14H22N2O/c1-15-10-4-5-16(7-10)14(17)13-11-8-2-3-9(6-8)12(11)13/h8-13,15H,2-7H2,1H3. The van der Waals surface area contributed by atoms with Crippen molar-refractivity contribution in [2.75, 3.05) is 20.1 Å². The highest BCUT2D eigenvalue weighted by molar-refractivity contribution is 5.83. The maximum absolute atomic E-state index is 12.5. The first-order valence-electron chi connectivity index (χ1n) is 7.25. The summed E-state index contributed by atoms with van der Waals surface area (Å²) in [6.45, 7) is 1.93. The minimum atomic E-state index is 0.442. The van der Waals surface area contributed by atoms with Crippen molar-refractivity contribution >= 4 is 5.91 Å². The average molecular weight is 234 g/mol. The Balaban J connectivity index is 1.43. The van der Waals surface area contributed by atoms with Gasteiger partial charge >= 0.3 is 0 Å². The molecule has 3 nitrogen and oxygen atoms in total. The Morgan fingerprint density at radius 1 is 1.18 bits per heavy atom. The lowest BCUT2D eigenvalue weighted by molar-refractivity contribution is -0.132. The SMILES string of the molecule is CNC1CCN(C(=O)C2C3C4CCC(C4)C23)C1. The van der Waals surface area contributed by atoms with Crippen LogP contribution in [-0.4, -0.2) is 37.0 Å². The first-order chi connectivity index (χ1) is 8.29. The van der Waals surface area contributed by atoms with Crippen molar-refractivity contribution in [3.8, 4) is 0 Å². The van der Waals surface area contributed by atoms with Crippen LogP contribution in [0, 0.1) is 29.6 Å². The number of hydrogen-bond acceptors (Lipinski definition) is 2. The van der Waals surface area contributed by atoms with Crippen molar-refractivity contribution in [3.05, 3.63) is 0 Å². The molecule has 0 spiro atoms. The molecule has 1 amide bonds. The molecule has 0 aromatic carbocycles. The van der Waals surface area contributed by atoms with Gasteiger partial charge in [-0.3, -0.25) is 4.79 Å². The number of hydrogen-bond donors (Lipinski definition) is 1. The molecule has 5 unspecified atom stereocenters. The molecule has 1 heterocycles. The number of carbonyl (C=O) groups is 1. The summed E-state index contributed by atoms with van der Waals surface area (Å²) < 4.78 is 0. The van der Waals surface area contributed by atoms with E-state index < -0.39 is 0 Å². The lowest BCUT2D eigenvalue weighted by atomic mass is 10.0. The number of likely N-dealkylation sites (N-methyl/N-ethyl adjacent to an activating group) is 1. The molecule has 5 atom stereocenters. The van der Waals surface area contributed by atoms with E-state index in [1.165, 1.54) is 19.3 Å². The Hall–Kier alpha value is -0.570. The van der Waals surface area contributed by atoms with Crippen LogP contribution in [-0.2, 0) is 4.79 Å². The molecule has 3 heteroatoms. The van der Waals surface area contributed by atoms with Gasteiger partial charge in [-0.15, -0.1) is 0 Å². The molecule has 94 valence electrons. The summed E-state index contributed by atoms with van der Waals surface area (Å²) in [6, 6.07) is 0.536. The molecule has 0 radical (unpaired) electrons. The van der Waals surface area contributed by atoms with Crippen LogP contribution in [0.2, 0.25) is 0 Å². The van der Waals surface area contributed by atoms with Gasteiger partial charge < -0.3 is 10.2 Å². The topological polar surface area (TPSA) is 32.3 Å². The summed E-state index contributed by atoms with van der Waals surface area (Å²) in [5.74, 6) is 4.37. The highest BCUT2D eigenvalue weighted by atomic mass is 16.2. The molecular formula is C14H22N2O. The van der Waals surface area contributed by atoms with Crippen LogP contribution in [0.4, 0.5) is 0 Å². The lowest BCUT2D eigenvalue weighted by Crippen LogP contribution is -2.35. The molecular weight excluding hydrogens is 212 g/mol. The molecule has 0 aromatic rings. The van der Waals surface area contributed by atoms with Gasteiger partial charge in [0, 0.05) is 25.0 Å². The van der Waals surface area contributed by atoms with E-state index in [9.17, 15) is 4.79 Å². The van der Waals surface area contributed by atoms with Crippen LogP contribution in [0.25, 0.3) is 0 Å². The molecule has 4 fully saturated rings. The van der Waals surface area contributed by atoms with E-state index >= 15 is 0 Å². The second kappa shape index (κ2) is 3.47. The monoisotopic (exact) mass is 234 g/mol. The van der Waals surface area contributed by atoms with Crippen molar-refractivity contribution in [2.45, 2.75) is 31.7 Å². The van der Waals surface area contributed by atoms with Gasteiger partial charge in [-0.05, 0) is 56.4 Å². The fraction of sp³-hybridized carbons (Fsp3) is 0.929. The largest absolute Gasteiger partial charge is 0.341 e. The van der Waals surface area contributed by atoms with Gasteiger partial charge in [0.15, 0.2) is 0 Å². The van der Waals surface area contributed by atoms with E-state index in [2.05, 4.69) is 10.2 Å². The summed E-state index contributed by atoms with van der Waals surface area (Å²) >= 11 is 0. The molecule has 2 bridgehead atoms. The molecule has 3 aliphatic carbocycles. The Bertz CT molecular complexity index is 340. The fourth-order valence-electron chi connectivity index (χ4n) is 5.06. The fourth-order valence-corrected chi connectivity index (χ4v) is 5.06. The zero-order chi connectivity index (χ0) is 11.6. The van der Waals surface area contributed by atoms with Gasteiger partial charge in [0.25, 0.3) is 0 Å². The molecule has 0 aromatic heterocycles.